The number of rotatable bonds is 6. The minimum Gasteiger partial charge on any atom is -0.314 e. The maximum atomic E-state index is 12.9. The summed E-state index contributed by atoms with van der Waals surface area (Å²) in [6.07, 6.45) is 3.78. The summed E-state index contributed by atoms with van der Waals surface area (Å²) in [5.74, 6) is -0.162. The Kier molecular flexibility index (Phi) is 5.20. The van der Waals surface area contributed by atoms with E-state index in [0.717, 1.165) is 24.9 Å². The van der Waals surface area contributed by atoms with Gasteiger partial charge in [0.2, 0.25) is 0 Å². The van der Waals surface area contributed by atoms with Crippen molar-refractivity contribution in [1.82, 2.24) is 5.32 Å². The smallest absolute Gasteiger partial charge is 0.123 e. The summed E-state index contributed by atoms with van der Waals surface area (Å²) in [7, 11) is 0. The molecule has 0 aliphatic rings. The molecule has 1 aromatic rings. The molecule has 0 saturated heterocycles. The van der Waals surface area contributed by atoms with E-state index in [1.807, 2.05) is 19.1 Å². The highest BCUT2D eigenvalue weighted by Crippen LogP contribution is 2.13. The summed E-state index contributed by atoms with van der Waals surface area (Å²) in [4.78, 5) is 0. The van der Waals surface area contributed by atoms with E-state index in [-0.39, 0.29) is 5.82 Å². The number of hydrogen-bond donors (Lipinski definition) is 1. The van der Waals surface area contributed by atoms with Crippen molar-refractivity contribution in [2.24, 2.45) is 0 Å². The van der Waals surface area contributed by atoms with Crippen molar-refractivity contribution < 1.29 is 4.39 Å². The summed E-state index contributed by atoms with van der Waals surface area (Å²) in [5.41, 5.74) is 2.22. The van der Waals surface area contributed by atoms with E-state index in [1.165, 1.54) is 11.6 Å². The average molecular weight is 221 g/mol. The monoisotopic (exact) mass is 221 g/mol. The number of hydrogen-bond acceptors (Lipinski definition) is 1. The first kappa shape index (κ1) is 12.9. The third-order valence-corrected chi connectivity index (χ3v) is 2.71. The van der Waals surface area contributed by atoms with Crippen LogP contribution < -0.4 is 5.32 Å². The fraction of sp³-hybridized carbons (Fsp3) is 0.429. The molecule has 0 fully saturated rings. The zero-order valence-electron chi connectivity index (χ0n) is 10.1. The number of aryl methyl sites for hydroxylation is 1. The quantitative estimate of drug-likeness (QED) is 0.727. The lowest BCUT2D eigenvalue weighted by Gasteiger charge is -2.17. The Bertz CT molecular complexity index is 347. The second-order valence-corrected chi connectivity index (χ2v) is 4.05. The van der Waals surface area contributed by atoms with Crippen LogP contribution in [0, 0.1) is 12.7 Å². The Morgan fingerprint density at radius 1 is 1.50 bits per heavy atom. The molecule has 1 unspecified atom stereocenters. The van der Waals surface area contributed by atoms with Crippen LogP contribution in [0.1, 0.15) is 24.5 Å². The van der Waals surface area contributed by atoms with Gasteiger partial charge in [0, 0.05) is 6.04 Å². The Balaban J connectivity index is 2.72. The molecule has 0 radical (unpaired) electrons. The molecule has 0 heterocycles. The third kappa shape index (κ3) is 3.78. The van der Waals surface area contributed by atoms with E-state index in [4.69, 9.17) is 0 Å². The van der Waals surface area contributed by atoms with Crippen LogP contribution in [-0.2, 0) is 6.42 Å². The van der Waals surface area contributed by atoms with Gasteiger partial charge in [0.25, 0.3) is 0 Å². The van der Waals surface area contributed by atoms with Gasteiger partial charge in [-0.25, -0.2) is 4.39 Å². The number of likely N-dealkylation sites (N-methyl/N-ethyl adjacent to an activating group) is 1. The molecule has 0 aromatic heterocycles. The number of nitrogens with one attached hydrogen (secondary N) is 1. The highest BCUT2D eigenvalue weighted by Gasteiger charge is 2.08. The Labute approximate surface area is 97.4 Å². The molecule has 0 aliphatic heterocycles. The summed E-state index contributed by atoms with van der Waals surface area (Å²) in [6, 6.07) is 5.38. The minimum atomic E-state index is -0.162. The first-order valence-electron chi connectivity index (χ1n) is 5.76. The predicted octanol–water partition coefficient (Wildman–Crippen LogP) is 3.23. The van der Waals surface area contributed by atoms with Crippen LogP contribution in [0.25, 0.3) is 0 Å². The molecule has 0 saturated carbocycles. The lowest BCUT2D eigenvalue weighted by atomic mass is 9.99. The number of benzene rings is 1. The van der Waals surface area contributed by atoms with Gasteiger partial charge < -0.3 is 5.32 Å². The van der Waals surface area contributed by atoms with Crippen molar-refractivity contribution in [1.29, 1.82) is 0 Å². The highest BCUT2D eigenvalue weighted by atomic mass is 19.1. The van der Waals surface area contributed by atoms with E-state index in [1.54, 1.807) is 6.07 Å². The van der Waals surface area contributed by atoms with Crippen LogP contribution in [0.3, 0.4) is 0 Å². The SMILES string of the molecule is C=CCC(Cc1ccc(F)cc1C)NCC. The maximum Gasteiger partial charge on any atom is 0.123 e. The molecule has 88 valence electrons. The lowest BCUT2D eigenvalue weighted by Crippen LogP contribution is -2.30. The van der Waals surface area contributed by atoms with Crippen molar-refractivity contribution in [2.75, 3.05) is 6.54 Å². The molecule has 0 amide bonds. The fourth-order valence-corrected chi connectivity index (χ4v) is 1.88. The molecule has 16 heavy (non-hydrogen) atoms. The molecule has 0 bridgehead atoms. The summed E-state index contributed by atoms with van der Waals surface area (Å²) < 4.78 is 12.9. The standard InChI is InChI=1S/C14H20FN/c1-4-6-14(16-5-2)10-12-7-8-13(15)9-11(12)3/h4,7-9,14,16H,1,5-6,10H2,2-3H3. The molecule has 1 nitrogen and oxygen atoms in total. The normalized spacial score (nSPS) is 12.4. The van der Waals surface area contributed by atoms with Gasteiger partial charge in [-0.05, 0) is 49.6 Å². The van der Waals surface area contributed by atoms with Gasteiger partial charge in [-0.1, -0.05) is 19.1 Å². The maximum absolute atomic E-state index is 12.9. The van der Waals surface area contributed by atoms with Crippen molar-refractivity contribution in [3.8, 4) is 0 Å². The largest absolute Gasteiger partial charge is 0.314 e. The van der Waals surface area contributed by atoms with Gasteiger partial charge in [0.15, 0.2) is 0 Å². The molecule has 1 aromatic carbocycles. The van der Waals surface area contributed by atoms with Gasteiger partial charge in [0.05, 0.1) is 0 Å². The first-order valence-corrected chi connectivity index (χ1v) is 5.76. The van der Waals surface area contributed by atoms with Crippen molar-refractivity contribution in [2.45, 2.75) is 32.7 Å². The first-order chi connectivity index (χ1) is 7.67. The Hall–Kier alpha value is -1.15. The minimum absolute atomic E-state index is 0.162. The van der Waals surface area contributed by atoms with Crippen molar-refractivity contribution >= 4 is 0 Å². The lowest BCUT2D eigenvalue weighted by molar-refractivity contribution is 0.528. The van der Waals surface area contributed by atoms with Crippen LogP contribution in [0.4, 0.5) is 4.39 Å². The summed E-state index contributed by atoms with van der Waals surface area (Å²) in [5, 5.41) is 3.41. The van der Waals surface area contributed by atoms with E-state index in [0.29, 0.717) is 6.04 Å². The zero-order valence-corrected chi connectivity index (χ0v) is 10.1. The number of halogens is 1. The molecule has 0 aliphatic carbocycles. The van der Waals surface area contributed by atoms with Crippen LogP contribution in [0.15, 0.2) is 30.9 Å². The van der Waals surface area contributed by atoms with Gasteiger partial charge >= 0.3 is 0 Å². The van der Waals surface area contributed by atoms with Crippen LogP contribution in [0.5, 0.6) is 0 Å². The Morgan fingerprint density at radius 3 is 2.81 bits per heavy atom. The fourth-order valence-electron chi connectivity index (χ4n) is 1.88. The molecule has 1 rings (SSSR count). The highest BCUT2D eigenvalue weighted by molar-refractivity contribution is 5.27. The van der Waals surface area contributed by atoms with Crippen molar-refractivity contribution in [3.63, 3.8) is 0 Å². The molecule has 1 atom stereocenters. The summed E-state index contributed by atoms with van der Waals surface area (Å²) in [6.45, 7) is 8.75. The van der Waals surface area contributed by atoms with E-state index < -0.39 is 0 Å². The van der Waals surface area contributed by atoms with Crippen LogP contribution in [0.2, 0.25) is 0 Å². The van der Waals surface area contributed by atoms with Crippen LogP contribution in [-0.4, -0.2) is 12.6 Å². The molecule has 1 N–H and O–H groups in total. The molecule has 2 heteroatoms. The van der Waals surface area contributed by atoms with Gasteiger partial charge in [-0.15, -0.1) is 6.58 Å². The average Bonchev–Trinajstić information content (AvgIpc) is 2.23. The zero-order chi connectivity index (χ0) is 12.0. The predicted molar refractivity (Wildman–Crippen MR) is 67.1 cm³/mol. The molecule has 0 spiro atoms. The van der Waals surface area contributed by atoms with Gasteiger partial charge in [0.1, 0.15) is 5.82 Å². The molecular weight excluding hydrogens is 201 g/mol. The van der Waals surface area contributed by atoms with Crippen LogP contribution >= 0.6 is 0 Å². The second-order valence-electron chi connectivity index (χ2n) is 4.05. The van der Waals surface area contributed by atoms with Crippen molar-refractivity contribution in [3.05, 3.63) is 47.8 Å². The Morgan fingerprint density at radius 2 is 2.25 bits per heavy atom. The van der Waals surface area contributed by atoms with Gasteiger partial charge in [-0.3, -0.25) is 0 Å². The van der Waals surface area contributed by atoms with E-state index in [9.17, 15) is 4.39 Å². The third-order valence-electron chi connectivity index (χ3n) is 2.71. The molecular formula is C14H20FN. The van der Waals surface area contributed by atoms with E-state index >= 15 is 0 Å². The summed E-state index contributed by atoms with van der Waals surface area (Å²) >= 11 is 0. The van der Waals surface area contributed by atoms with E-state index in [2.05, 4.69) is 18.8 Å². The van der Waals surface area contributed by atoms with Gasteiger partial charge in [-0.2, -0.15) is 0 Å². The second kappa shape index (κ2) is 6.44. The topological polar surface area (TPSA) is 12.0 Å².